The van der Waals surface area contributed by atoms with Crippen molar-refractivity contribution >= 4 is 23.6 Å². The van der Waals surface area contributed by atoms with Gasteiger partial charge in [-0.25, -0.2) is 0 Å². The van der Waals surface area contributed by atoms with E-state index in [-0.39, 0.29) is 28.8 Å². The van der Waals surface area contributed by atoms with Gasteiger partial charge in [-0.3, -0.25) is 9.59 Å². The summed E-state index contributed by atoms with van der Waals surface area (Å²) in [6, 6.07) is 5.29. The van der Waals surface area contributed by atoms with Crippen molar-refractivity contribution in [2.45, 2.75) is 24.3 Å². The molecule has 1 amide bonds. The summed E-state index contributed by atoms with van der Waals surface area (Å²) in [4.78, 5) is 22.6. The SMILES string of the molecule is CC(C)(CNC(=O)c1ccccc1SC(F)(F)F)C(=O)O. The average molecular weight is 321 g/mol. The van der Waals surface area contributed by atoms with E-state index in [2.05, 4.69) is 5.32 Å². The normalized spacial score (nSPS) is 12.0. The zero-order valence-electron chi connectivity index (χ0n) is 11.3. The molecule has 0 atom stereocenters. The lowest BCUT2D eigenvalue weighted by atomic mass is 9.94. The highest BCUT2D eigenvalue weighted by Gasteiger charge is 2.32. The van der Waals surface area contributed by atoms with Crippen LogP contribution < -0.4 is 5.32 Å². The Bertz CT molecular complexity index is 544. The molecule has 0 bridgehead atoms. The van der Waals surface area contributed by atoms with Crippen LogP contribution in [0.2, 0.25) is 0 Å². The van der Waals surface area contributed by atoms with Crippen molar-refractivity contribution in [2.24, 2.45) is 5.41 Å². The molecule has 4 nitrogen and oxygen atoms in total. The molecule has 0 aliphatic carbocycles. The van der Waals surface area contributed by atoms with E-state index in [1.165, 1.54) is 38.1 Å². The van der Waals surface area contributed by atoms with E-state index in [1.54, 1.807) is 0 Å². The molecule has 0 aliphatic heterocycles. The van der Waals surface area contributed by atoms with Gasteiger partial charge in [-0.2, -0.15) is 13.2 Å². The number of hydrogen-bond acceptors (Lipinski definition) is 3. The van der Waals surface area contributed by atoms with Crippen LogP contribution in [0.1, 0.15) is 24.2 Å². The highest BCUT2D eigenvalue weighted by molar-refractivity contribution is 8.00. The number of benzene rings is 1. The van der Waals surface area contributed by atoms with Crippen molar-refractivity contribution in [3.63, 3.8) is 0 Å². The number of halogens is 3. The Morgan fingerprint density at radius 2 is 1.81 bits per heavy atom. The lowest BCUT2D eigenvalue weighted by Gasteiger charge is -2.20. The number of carbonyl (C=O) groups excluding carboxylic acids is 1. The topological polar surface area (TPSA) is 66.4 Å². The maximum absolute atomic E-state index is 12.4. The van der Waals surface area contributed by atoms with Gasteiger partial charge in [0.25, 0.3) is 5.91 Å². The van der Waals surface area contributed by atoms with E-state index in [4.69, 9.17) is 5.11 Å². The van der Waals surface area contributed by atoms with Crippen molar-refractivity contribution < 1.29 is 27.9 Å². The van der Waals surface area contributed by atoms with Crippen LogP contribution in [0.3, 0.4) is 0 Å². The van der Waals surface area contributed by atoms with E-state index in [1.807, 2.05) is 0 Å². The Labute approximate surface area is 123 Å². The fourth-order valence-electron chi connectivity index (χ4n) is 1.34. The van der Waals surface area contributed by atoms with E-state index >= 15 is 0 Å². The Hall–Kier alpha value is -1.70. The minimum atomic E-state index is -4.50. The summed E-state index contributed by atoms with van der Waals surface area (Å²) in [5.74, 6) is -1.85. The van der Waals surface area contributed by atoms with Gasteiger partial charge in [0.2, 0.25) is 0 Å². The lowest BCUT2D eigenvalue weighted by molar-refractivity contribution is -0.146. The predicted octanol–water partition coefficient (Wildman–Crippen LogP) is 3.14. The first kappa shape index (κ1) is 17.4. The molecule has 0 spiro atoms. The molecule has 0 unspecified atom stereocenters. The van der Waals surface area contributed by atoms with Crippen molar-refractivity contribution in [1.82, 2.24) is 5.32 Å². The number of carboxylic acid groups (broad SMARTS) is 1. The van der Waals surface area contributed by atoms with Crippen LogP contribution in [-0.4, -0.2) is 29.0 Å². The molecule has 0 saturated heterocycles. The molecule has 1 aromatic rings. The summed E-state index contributed by atoms with van der Waals surface area (Å²) >= 11 is -0.382. The first-order valence-corrected chi connectivity index (χ1v) is 6.71. The van der Waals surface area contributed by atoms with E-state index in [9.17, 15) is 22.8 Å². The van der Waals surface area contributed by atoms with Crippen molar-refractivity contribution in [1.29, 1.82) is 0 Å². The molecule has 8 heteroatoms. The molecule has 116 valence electrons. The number of rotatable bonds is 5. The average Bonchev–Trinajstić information content (AvgIpc) is 2.34. The first-order chi connectivity index (χ1) is 9.53. The van der Waals surface area contributed by atoms with Crippen LogP contribution in [0.4, 0.5) is 13.2 Å². The number of amides is 1. The van der Waals surface area contributed by atoms with E-state index in [0.717, 1.165) is 0 Å². The van der Waals surface area contributed by atoms with Crippen molar-refractivity contribution in [2.75, 3.05) is 6.54 Å². The summed E-state index contributed by atoms with van der Waals surface area (Å²) in [6.45, 7) is 2.63. The zero-order valence-corrected chi connectivity index (χ0v) is 12.1. The van der Waals surface area contributed by atoms with Gasteiger partial charge in [0.1, 0.15) is 0 Å². The van der Waals surface area contributed by atoms with Crippen LogP contribution in [-0.2, 0) is 4.79 Å². The Balaban J connectivity index is 2.86. The number of nitrogens with one attached hydrogen (secondary N) is 1. The number of carbonyl (C=O) groups is 2. The number of thioether (sulfide) groups is 1. The second-order valence-corrected chi connectivity index (χ2v) is 6.02. The lowest BCUT2D eigenvalue weighted by Crippen LogP contribution is -2.39. The van der Waals surface area contributed by atoms with Crippen LogP contribution in [0.5, 0.6) is 0 Å². The third kappa shape index (κ3) is 5.30. The van der Waals surface area contributed by atoms with Crippen LogP contribution in [0.15, 0.2) is 29.2 Å². The predicted molar refractivity (Wildman–Crippen MR) is 72.1 cm³/mol. The van der Waals surface area contributed by atoms with Gasteiger partial charge in [-0.15, -0.1) is 0 Å². The summed E-state index contributed by atoms with van der Waals surface area (Å²) in [7, 11) is 0. The molecule has 1 aromatic carbocycles. The zero-order chi connectivity index (χ0) is 16.3. The molecule has 0 fully saturated rings. The third-order valence-corrected chi connectivity index (χ3v) is 3.43. The number of hydrogen-bond donors (Lipinski definition) is 2. The third-order valence-electron chi connectivity index (χ3n) is 2.63. The Morgan fingerprint density at radius 1 is 1.24 bits per heavy atom. The number of alkyl halides is 3. The summed E-state index contributed by atoms with van der Waals surface area (Å²) < 4.78 is 37.3. The molecule has 2 N–H and O–H groups in total. The van der Waals surface area contributed by atoms with Gasteiger partial charge in [0.05, 0.1) is 11.0 Å². The number of carboxylic acids is 1. The standard InChI is InChI=1S/C13H14F3NO3S/c1-12(2,11(19)20)7-17-10(18)8-5-3-4-6-9(8)21-13(14,15)16/h3-6H,7H2,1-2H3,(H,17,18)(H,19,20). The molecular formula is C13H14F3NO3S. The maximum Gasteiger partial charge on any atom is 0.446 e. The maximum atomic E-state index is 12.4. The highest BCUT2D eigenvalue weighted by atomic mass is 32.2. The van der Waals surface area contributed by atoms with Gasteiger partial charge in [-0.05, 0) is 37.7 Å². The van der Waals surface area contributed by atoms with Crippen LogP contribution >= 0.6 is 11.8 Å². The molecular weight excluding hydrogens is 307 g/mol. The van der Waals surface area contributed by atoms with Gasteiger partial charge >= 0.3 is 11.5 Å². The molecule has 0 saturated carbocycles. The van der Waals surface area contributed by atoms with Crippen LogP contribution in [0.25, 0.3) is 0 Å². The van der Waals surface area contributed by atoms with Crippen molar-refractivity contribution in [3.8, 4) is 0 Å². The largest absolute Gasteiger partial charge is 0.481 e. The highest BCUT2D eigenvalue weighted by Crippen LogP contribution is 2.38. The summed E-state index contributed by atoms with van der Waals surface area (Å²) in [5, 5.41) is 11.3. The van der Waals surface area contributed by atoms with Crippen molar-refractivity contribution in [3.05, 3.63) is 29.8 Å². The summed E-state index contributed by atoms with van der Waals surface area (Å²) in [5.41, 5.74) is -5.85. The minimum Gasteiger partial charge on any atom is -0.481 e. The fraction of sp³-hybridized carbons (Fsp3) is 0.385. The molecule has 21 heavy (non-hydrogen) atoms. The van der Waals surface area contributed by atoms with E-state index in [0.29, 0.717) is 0 Å². The van der Waals surface area contributed by atoms with Crippen LogP contribution in [0, 0.1) is 5.41 Å². The quantitative estimate of drug-likeness (QED) is 0.818. The molecule has 0 aromatic heterocycles. The van der Waals surface area contributed by atoms with Gasteiger partial charge in [-0.1, -0.05) is 12.1 Å². The molecule has 0 heterocycles. The van der Waals surface area contributed by atoms with E-state index < -0.39 is 22.8 Å². The monoisotopic (exact) mass is 321 g/mol. The number of aliphatic carboxylic acids is 1. The Morgan fingerprint density at radius 3 is 2.33 bits per heavy atom. The second kappa shape index (κ2) is 6.38. The molecule has 0 aliphatic rings. The van der Waals surface area contributed by atoms with Gasteiger partial charge in [0, 0.05) is 11.4 Å². The summed E-state index contributed by atoms with van der Waals surface area (Å²) in [6.07, 6.45) is 0. The molecule has 0 radical (unpaired) electrons. The second-order valence-electron chi connectivity index (χ2n) is 4.92. The fourth-order valence-corrected chi connectivity index (χ4v) is 2.01. The first-order valence-electron chi connectivity index (χ1n) is 5.89. The van der Waals surface area contributed by atoms with Gasteiger partial charge in [0.15, 0.2) is 0 Å². The Kier molecular flexibility index (Phi) is 5.27. The smallest absolute Gasteiger partial charge is 0.446 e. The van der Waals surface area contributed by atoms with Gasteiger partial charge < -0.3 is 10.4 Å². The minimum absolute atomic E-state index is 0.138. The molecule has 1 rings (SSSR count).